The van der Waals surface area contributed by atoms with E-state index in [1.165, 1.54) is 17.3 Å². The van der Waals surface area contributed by atoms with Crippen molar-refractivity contribution >= 4 is 23.2 Å². The number of nitrogens with zero attached hydrogens (tertiary/aromatic N) is 3. The van der Waals surface area contributed by atoms with Crippen LogP contribution in [-0.2, 0) is 17.7 Å². The third-order valence-electron chi connectivity index (χ3n) is 6.05. The summed E-state index contributed by atoms with van der Waals surface area (Å²) in [4.78, 5) is 3.03. The molecular weight excluding hydrogens is 465 g/mol. The lowest BCUT2D eigenvalue weighted by Gasteiger charge is -2.40. The minimum atomic E-state index is -1.59. The van der Waals surface area contributed by atoms with Crippen LogP contribution >= 0.6 is 23.2 Å². The van der Waals surface area contributed by atoms with E-state index in [9.17, 15) is 25.5 Å². The van der Waals surface area contributed by atoms with Crippen molar-refractivity contribution < 1.29 is 35.0 Å². The van der Waals surface area contributed by atoms with Gasteiger partial charge in [0.1, 0.15) is 48.4 Å². The van der Waals surface area contributed by atoms with E-state index < -0.39 is 47.8 Å². The summed E-state index contributed by atoms with van der Waals surface area (Å²) in [6.07, 6.45) is -3.15. The number of alkyl halides is 1. The van der Waals surface area contributed by atoms with Gasteiger partial charge in [-0.05, 0) is 25.0 Å². The Morgan fingerprint density at radius 2 is 1.97 bits per heavy atom. The quantitative estimate of drug-likeness (QED) is 0.319. The summed E-state index contributed by atoms with van der Waals surface area (Å²) in [5.74, 6) is 0.194. The van der Waals surface area contributed by atoms with Gasteiger partial charge in [0, 0.05) is 17.0 Å². The van der Waals surface area contributed by atoms with Crippen LogP contribution in [0.25, 0.3) is 0 Å². The van der Waals surface area contributed by atoms with Crippen molar-refractivity contribution in [1.82, 2.24) is 14.8 Å². The molecule has 1 aromatic heterocycles. The predicted octanol–water partition coefficient (Wildman–Crippen LogP) is -0.145. The minimum absolute atomic E-state index is 0.00277. The van der Waals surface area contributed by atoms with Crippen molar-refractivity contribution in [2.24, 2.45) is 0 Å². The van der Waals surface area contributed by atoms with E-state index in [2.05, 4.69) is 10.1 Å². The Bertz CT molecular complexity index is 928. The van der Waals surface area contributed by atoms with Gasteiger partial charge in [-0.1, -0.05) is 17.7 Å². The molecule has 1 aliphatic heterocycles. The first-order valence-corrected chi connectivity index (χ1v) is 10.9. The van der Waals surface area contributed by atoms with Crippen molar-refractivity contribution in [3.63, 3.8) is 0 Å². The van der Waals surface area contributed by atoms with Gasteiger partial charge >= 0.3 is 0 Å². The summed E-state index contributed by atoms with van der Waals surface area (Å²) >= 11 is 13.1. The first kappa shape index (κ1) is 23.7. The van der Waals surface area contributed by atoms with Crippen LogP contribution in [0.1, 0.15) is 18.4 Å². The van der Waals surface area contributed by atoms with Gasteiger partial charge in [-0.25, -0.2) is 9.67 Å². The topological polar surface area (TPSA) is 150 Å². The molecule has 0 spiro atoms. The van der Waals surface area contributed by atoms with Crippen molar-refractivity contribution in [2.75, 3.05) is 6.61 Å². The third-order valence-corrected chi connectivity index (χ3v) is 7.13. The first-order chi connectivity index (χ1) is 15.2. The molecule has 1 unspecified atom stereocenters. The molecule has 0 bridgehead atoms. The summed E-state index contributed by atoms with van der Waals surface area (Å²) in [6.45, 7) is -0.513. The lowest BCUT2D eigenvalue weighted by Crippen LogP contribution is -2.60. The fourth-order valence-electron chi connectivity index (χ4n) is 3.92. The zero-order valence-corrected chi connectivity index (χ0v) is 18.5. The summed E-state index contributed by atoms with van der Waals surface area (Å²) in [7, 11) is 0. The monoisotopic (exact) mass is 489 g/mol. The Morgan fingerprint density at radius 3 is 2.59 bits per heavy atom. The molecule has 2 aromatic rings. The standard InChI is InChI=1S/C20H25Cl2N3O7/c21-12-2-1-3-13(31-18-17(29)16(28)15(27)14(7-26)32-18)11(12)6-20(30,19(22)4-5-19)8-25-10-23-9-24-25/h1-3,9-10,14-18,26-30H,4-8H2/t14-,15-,16+,17-,18-,20?/m1/s1. The highest BCUT2D eigenvalue weighted by Crippen LogP contribution is 2.53. The number of halogens is 2. The molecule has 32 heavy (non-hydrogen) atoms. The molecule has 176 valence electrons. The van der Waals surface area contributed by atoms with Gasteiger partial charge in [-0.3, -0.25) is 0 Å². The third kappa shape index (κ3) is 4.46. The number of hydrogen-bond acceptors (Lipinski definition) is 9. The number of aromatic nitrogens is 3. The van der Waals surface area contributed by atoms with E-state index in [1.807, 2.05) is 0 Å². The van der Waals surface area contributed by atoms with E-state index in [4.69, 9.17) is 32.7 Å². The van der Waals surface area contributed by atoms with Crippen LogP contribution in [0.2, 0.25) is 5.02 Å². The zero-order chi connectivity index (χ0) is 23.1. The van der Waals surface area contributed by atoms with Gasteiger partial charge < -0.3 is 35.0 Å². The van der Waals surface area contributed by atoms with Crippen molar-refractivity contribution in [2.45, 2.75) is 67.0 Å². The molecule has 10 nitrogen and oxygen atoms in total. The van der Waals surface area contributed by atoms with E-state index in [0.717, 1.165) is 0 Å². The van der Waals surface area contributed by atoms with Crippen molar-refractivity contribution in [3.8, 4) is 5.75 Å². The molecule has 2 aliphatic rings. The Kier molecular flexibility index (Phi) is 6.68. The minimum Gasteiger partial charge on any atom is -0.462 e. The second-order valence-electron chi connectivity index (χ2n) is 8.30. The van der Waals surface area contributed by atoms with E-state index in [-0.39, 0.29) is 18.7 Å². The highest BCUT2D eigenvalue weighted by Gasteiger charge is 2.58. The molecule has 1 aromatic carbocycles. The van der Waals surface area contributed by atoms with Crippen LogP contribution in [0.4, 0.5) is 0 Å². The number of rotatable bonds is 8. The fraction of sp³-hybridized carbons (Fsp3) is 0.600. The smallest absolute Gasteiger partial charge is 0.229 e. The van der Waals surface area contributed by atoms with Crippen LogP contribution in [0, 0.1) is 0 Å². The lowest BCUT2D eigenvalue weighted by atomic mass is 9.88. The second-order valence-corrected chi connectivity index (χ2v) is 9.43. The summed E-state index contributed by atoms with van der Waals surface area (Å²) in [6, 6.07) is 4.82. The van der Waals surface area contributed by atoms with Gasteiger partial charge in [-0.15, -0.1) is 11.6 Å². The molecule has 2 fully saturated rings. The van der Waals surface area contributed by atoms with Gasteiger partial charge in [0.15, 0.2) is 0 Å². The molecule has 0 amide bonds. The number of aliphatic hydroxyl groups is 5. The highest BCUT2D eigenvalue weighted by molar-refractivity contribution is 6.31. The molecule has 12 heteroatoms. The number of benzene rings is 1. The lowest BCUT2D eigenvalue weighted by molar-refractivity contribution is -0.277. The highest BCUT2D eigenvalue weighted by atomic mass is 35.5. The summed E-state index contributed by atoms with van der Waals surface area (Å²) < 4.78 is 12.7. The van der Waals surface area contributed by atoms with Crippen molar-refractivity contribution in [3.05, 3.63) is 41.4 Å². The van der Waals surface area contributed by atoms with Crippen LogP contribution in [-0.4, -0.2) is 88.1 Å². The maximum Gasteiger partial charge on any atom is 0.229 e. The Balaban J connectivity index is 1.61. The normalized spacial score (nSPS) is 31.2. The molecule has 0 radical (unpaired) electrons. The predicted molar refractivity (Wildman–Crippen MR) is 112 cm³/mol. The molecule has 1 saturated carbocycles. The van der Waals surface area contributed by atoms with E-state index in [0.29, 0.717) is 23.4 Å². The van der Waals surface area contributed by atoms with Gasteiger partial charge in [0.2, 0.25) is 6.29 Å². The molecule has 2 heterocycles. The largest absolute Gasteiger partial charge is 0.462 e. The Morgan fingerprint density at radius 1 is 1.22 bits per heavy atom. The summed E-state index contributed by atoms with van der Waals surface area (Å²) in [5.41, 5.74) is -1.03. The van der Waals surface area contributed by atoms with Gasteiger partial charge in [-0.2, -0.15) is 5.10 Å². The molecule has 1 aliphatic carbocycles. The number of hydrogen-bond donors (Lipinski definition) is 5. The maximum absolute atomic E-state index is 11.6. The molecule has 5 N–H and O–H groups in total. The van der Waals surface area contributed by atoms with Crippen molar-refractivity contribution in [1.29, 1.82) is 0 Å². The number of ether oxygens (including phenoxy) is 2. The SMILES string of the molecule is OC[C@H]1O[C@@H](Oc2cccc(Cl)c2CC(O)(Cn2cncn2)C2(Cl)CC2)[C@H](O)[C@@H](O)[C@@H]1O. The van der Waals surface area contributed by atoms with Gasteiger partial charge in [0.05, 0.1) is 18.0 Å². The van der Waals surface area contributed by atoms with Crippen LogP contribution in [0.15, 0.2) is 30.9 Å². The molecule has 1 saturated heterocycles. The summed E-state index contributed by atoms with van der Waals surface area (Å²) in [5, 5.41) is 55.7. The first-order valence-electron chi connectivity index (χ1n) is 10.2. The average Bonchev–Trinajstić information content (AvgIpc) is 3.33. The van der Waals surface area contributed by atoms with Crippen LogP contribution in [0.3, 0.4) is 0 Å². The van der Waals surface area contributed by atoms with E-state index >= 15 is 0 Å². The zero-order valence-electron chi connectivity index (χ0n) is 17.0. The Labute approximate surface area is 193 Å². The van der Waals surface area contributed by atoms with Crippen LogP contribution < -0.4 is 4.74 Å². The molecule has 6 atom stereocenters. The molecular formula is C20H25Cl2N3O7. The Hall–Kier alpha value is -1.50. The van der Waals surface area contributed by atoms with E-state index in [1.54, 1.807) is 18.2 Å². The molecule has 4 rings (SSSR count). The number of aliphatic hydroxyl groups excluding tert-OH is 4. The fourth-order valence-corrected chi connectivity index (χ4v) is 4.37. The van der Waals surface area contributed by atoms with Gasteiger partial charge in [0.25, 0.3) is 0 Å². The van der Waals surface area contributed by atoms with Crippen LogP contribution in [0.5, 0.6) is 5.75 Å². The second kappa shape index (κ2) is 9.03. The average molecular weight is 490 g/mol. The maximum atomic E-state index is 11.6.